The maximum Gasteiger partial charge on any atom is 0.252 e. The van der Waals surface area contributed by atoms with Gasteiger partial charge in [0.25, 0.3) is 5.91 Å². The van der Waals surface area contributed by atoms with Crippen molar-refractivity contribution in [2.45, 2.75) is 18.9 Å². The molecule has 108 valence electrons. The number of piperidine rings is 1. The molecule has 0 radical (unpaired) electrons. The van der Waals surface area contributed by atoms with E-state index in [1.807, 2.05) is 18.2 Å². The second kappa shape index (κ2) is 5.69. The van der Waals surface area contributed by atoms with Gasteiger partial charge in [-0.1, -0.05) is 29.8 Å². The molecule has 0 spiro atoms. The standard InChI is InChI=1S/C15H14ClN3O2/c16-13-8-10(9-4-1-2-5-11(9)18-13)14(20)19-12-6-3-7-17-15(12)21/h1-2,4-5,8,12H,3,6-7H2,(H,17,21)(H,19,20). The SMILES string of the molecule is O=C(NC1CCCNC1=O)c1cc(Cl)nc2ccccc12. The van der Waals surface area contributed by atoms with E-state index in [2.05, 4.69) is 15.6 Å². The van der Waals surface area contributed by atoms with Crippen molar-refractivity contribution in [1.82, 2.24) is 15.6 Å². The van der Waals surface area contributed by atoms with Crippen LogP contribution in [0.1, 0.15) is 23.2 Å². The highest BCUT2D eigenvalue weighted by Gasteiger charge is 2.24. The largest absolute Gasteiger partial charge is 0.354 e. The van der Waals surface area contributed by atoms with Crippen molar-refractivity contribution in [1.29, 1.82) is 0 Å². The van der Waals surface area contributed by atoms with Crippen LogP contribution in [-0.4, -0.2) is 29.4 Å². The second-order valence-electron chi connectivity index (χ2n) is 4.97. The van der Waals surface area contributed by atoms with E-state index in [1.54, 1.807) is 6.07 Å². The number of hydrogen-bond acceptors (Lipinski definition) is 3. The Kier molecular flexibility index (Phi) is 3.75. The summed E-state index contributed by atoms with van der Waals surface area (Å²) in [4.78, 5) is 28.4. The topological polar surface area (TPSA) is 71.1 Å². The first-order valence-electron chi connectivity index (χ1n) is 6.79. The summed E-state index contributed by atoms with van der Waals surface area (Å²) >= 11 is 5.97. The molecule has 1 unspecified atom stereocenters. The monoisotopic (exact) mass is 303 g/mol. The number of nitrogens with one attached hydrogen (secondary N) is 2. The number of benzene rings is 1. The van der Waals surface area contributed by atoms with Crippen LogP contribution in [0.5, 0.6) is 0 Å². The molecule has 1 aromatic carbocycles. The second-order valence-corrected chi connectivity index (χ2v) is 5.36. The average Bonchev–Trinajstić information content (AvgIpc) is 2.48. The van der Waals surface area contributed by atoms with Crippen LogP contribution in [0.2, 0.25) is 5.15 Å². The fourth-order valence-corrected chi connectivity index (χ4v) is 2.68. The minimum atomic E-state index is -0.489. The molecule has 2 aromatic rings. The zero-order valence-corrected chi connectivity index (χ0v) is 12.0. The van der Waals surface area contributed by atoms with Crippen molar-refractivity contribution in [2.24, 2.45) is 0 Å². The summed E-state index contributed by atoms with van der Waals surface area (Å²) < 4.78 is 0. The maximum atomic E-state index is 12.4. The van der Waals surface area contributed by atoms with Gasteiger partial charge in [-0.15, -0.1) is 0 Å². The van der Waals surface area contributed by atoms with Crippen molar-refractivity contribution in [3.63, 3.8) is 0 Å². The van der Waals surface area contributed by atoms with E-state index in [0.29, 0.717) is 24.0 Å². The Morgan fingerprint density at radius 2 is 2.19 bits per heavy atom. The van der Waals surface area contributed by atoms with Gasteiger partial charge in [0.05, 0.1) is 11.1 Å². The van der Waals surface area contributed by atoms with Gasteiger partial charge in [0.15, 0.2) is 0 Å². The van der Waals surface area contributed by atoms with E-state index >= 15 is 0 Å². The maximum absolute atomic E-state index is 12.4. The Bertz CT molecular complexity index is 717. The van der Waals surface area contributed by atoms with Crippen molar-refractivity contribution < 1.29 is 9.59 Å². The predicted octanol–water partition coefficient (Wildman–Crippen LogP) is 1.90. The molecule has 6 heteroatoms. The van der Waals surface area contributed by atoms with Crippen LogP contribution < -0.4 is 10.6 Å². The number of pyridine rings is 1. The fourth-order valence-electron chi connectivity index (χ4n) is 2.48. The van der Waals surface area contributed by atoms with Crippen LogP contribution in [0.15, 0.2) is 30.3 Å². The van der Waals surface area contributed by atoms with Gasteiger partial charge in [-0.25, -0.2) is 4.98 Å². The summed E-state index contributed by atoms with van der Waals surface area (Å²) in [6.45, 7) is 0.662. The minimum Gasteiger partial charge on any atom is -0.354 e. The summed E-state index contributed by atoms with van der Waals surface area (Å²) in [5, 5.41) is 6.49. The molecule has 3 rings (SSSR count). The zero-order chi connectivity index (χ0) is 14.8. The molecule has 1 atom stereocenters. The van der Waals surface area contributed by atoms with Gasteiger partial charge in [0.1, 0.15) is 11.2 Å². The first kappa shape index (κ1) is 13.8. The van der Waals surface area contributed by atoms with E-state index in [1.165, 1.54) is 6.07 Å². The minimum absolute atomic E-state index is 0.140. The van der Waals surface area contributed by atoms with Crippen molar-refractivity contribution >= 4 is 34.3 Å². The quantitative estimate of drug-likeness (QED) is 0.832. The molecule has 1 saturated heterocycles. The smallest absolute Gasteiger partial charge is 0.252 e. The average molecular weight is 304 g/mol. The highest BCUT2D eigenvalue weighted by molar-refractivity contribution is 6.30. The lowest BCUT2D eigenvalue weighted by Gasteiger charge is -2.23. The van der Waals surface area contributed by atoms with Gasteiger partial charge in [-0.05, 0) is 25.0 Å². The Morgan fingerprint density at radius 3 is 3.00 bits per heavy atom. The summed E-state index contributed by atoms with van der Waals surface area (Å²) in [5.74, 6) is -0.448. The Hall–Kier alpha value is -2.14. The van der Waals surface area contributed by atoms with Gasteiger partial charge < -0.3 is 10.6 Å². The van der Waals surface area contributed by atoms with Crippen molar-refractivity contribution in [3.8, 4) is 0 Å². The highest BCUT2D eigenvalue weighted by Crippen LogP contribution is 2.21. The molecule has 2 N–H and O–H groups in total. The van der Waals surface area contributed by atoms with Gasteiger partial charge in [-0.2, -0.15) is 0 Å². The number of halogens is 1. The molecule has 0 bridgehead atoms. The van der Waals surface area contributed by atoms with Crippen LogP contribution in [0, 0.1) is 0 Å². The van der Waals surface area contributed by atoms with Gasteiger partial charge in [0, 0.05) is 11.9 Å². The van der Waals surface area contributed by atoms with Crippen molar-refractivity contribution in [2.75, 3.05) is 6.54 Å². The summed E-state index contributed by atoms with van der Waals surface area (Å²) in [5.41, 5.74) is 1.09. The number of fused-ring (bicyclic) bond motifs is 1. The van der Waals surface area contributed by atoms with E-state index < -0.39 is 6.04 Å². The van der Waals surface area contributed by atoms with Crippen LogP contribution in [0.25, 0.3) is 10.9 Å². The normalized spacial score (nSPS) is 18.3. The third kappa shape index (κ3) is 2.83. The van der Waals surface area contributed by atoms with Crippen molar-refractivity contribution in [3.05, 3.63) is 41.0 Å². The summed E-state index contributed by atoms with van der Waals surface area (Å²) in [6.07, 6.45) is 1.50. The van der Waals surface area contributed by atoms with Gasteiger partial charge in [0.2, 0.25) is 5.91 Å². The van der Waals surface area contributed by atoms with Gasteiger partial charge >= 0.3 is 0 Å². The third-order valence-electron chi connectivity index (χ3n) is 3.52. The molecule has 1 aliphatic rings. The Morgan fingerprint density at radius 1 is 1.38 bits per heavy atom. The van der Waals surface area contributed by atoms with E-state index in [0.717, 1.165) is 11.8 Å². The molecule has 2 heterocycles. The molecule has 1 fully saturated rings. The number of carbonyl (C=O) groups excluding carboxylic acids is 2. The molecule has 1 aromatic heterocycles. The number of amides is 2. The zero-order valence-electron chi connectivity index (χ0n) is 11.2. The van der Waals surface area contributed by atoms with Crippen LogP contribution in [0.4, 0.5) is 0 Å². The molecule has 1 aliphatic heterocycles. The summed E-state index contributed by atoms with van der Waals surface area (Å²) in [7, 11) is 0. The van der Waals surface area contributed by atoms with E-state index in [9.17, 15) is 9.59 Å². The van der Waals surface area contributed by atoms with Crippen LogP contribution >= 0.6 is 11.6 Å². The fraction of sp³-hybridized carbons (Fsp3) is 0.267. The molecular weight excluding hydrogens is 290 g/mol. The molecular formula is C15H14ClN3O2. The summed E-state index contributed by atoms with van der Waals surface area (Å²) in [6, 6.07) is 8.32. The van der Waals surface area contributed by atoms with Crippen LogP contribution in [-0.2, 0) is 4.79 Å². The lowest BCUT2D eigenvalue weighted by atomic mass is 10.0. The third-order valence-corrected chi connectivity index (χ3v) is 3.71. The number of carbonyl (C=O) groups is 2. The number of rotatable bonds is 2. The first-order valence-corrected chi connectivity index (χ1v) is 7.17. The predicted molar refractivity (Wildman–Crippen MR) is 80.3 cm³/mol. The Balaban J connectivity index is 1.92. The number of hydrogen-bond donors (Lipinski definition) is 2. The first-order chi connectivity index (χ1) is 10.1. The molecule has 21 heavy (non-hydrogen) atoms. The van der Waals surface area contributed by atoms with Crippen LogP contribution in [0.3, 0.4) is 0 Å². The van der Waals surface area contributed by atoms with Gasteiger partial charge in [-0.3, -0.25) is 9.59 Å². The number of nitrogens with zero attached hydrogens (tertiary/aromatic N) is 1. The number of aromatic nitrogens is 1. The van der Waals surface area contributed by atoms with E-state index in [-0.39, 0.29) is 17.0 Å². The molecule has 5 nitrogen and oxygen atoms in total. The molecule has 0 aliphatic carbocycles. The highest BCUT2D eigenvalue weighted by atomic mass is 35.5. The lowest BCUT2D eigenvalue weighted by Crippen LogP contribution is -2.50. The Labute approximate surface area is 126 Å². The molecule has 0 saturated carbocycles. The van der Waals surface area contributed by atoms with E-state index in [4.69, 9.17) is 11.6 Å². The number of para-hydroxylation sites is 1. The lowest BCUT2D eigenvalue weighted by molar-refractivity contribution is -0.124. The molecule has 2 amide bonds.